The summed E-state index contributed by atoms with van der Waals surface area (Å²) in [5.74, 6) is 2.43. The first-order valence-electron chi connectivity index (χ1n) is 6.77. The van der Waals surface area contributed by atoms with Crippen molar-refractivity contribution in [3.8, 4) is 23.0 Å². The predicted molar refractivity (Wildman–Crippen MR) is 72.6 cm³/mol. The molecule has 1 aliphatic heterocycles. The average Bonchev–Trinajstić information content (AvgIpc) is 2.97. The molecule has 106 valence electrons. The zero-order valence-electron chi connectivity index (χ0n) is 11.3. The number of nitrogens with two attached hydrogens (primary N) is 1. The van der Waals surface area contributed by atoms with Crippen LogP contribution in [-0.2, 0) is 0 Å². The van der Waals surface area contributed by atoms with Gasteiger partial charge < -0.3 is 19.7 Å². The van der Waals surface area contributed by atoms with E-state index < -0.39 is 0 Å². The monoisotopic (exact) mass is 275 g/mol. The third-order valence-corrected chi connectivity index (χ3v) is 3.16. The second-order valence-corrected chi connectivity index (χ2v) is 4.71. The lowest BCUT2D eigenvalue weighted by Gasteiger charge is -2.18. The molecule has 2 heterocycles. The van der Waals surface area contributed by atoms with E-state index in [4.69, 9.17) is 19.7 Å². The summed E-state index contributed by atoms with van der Waals surface area (Å²) in [6, 6.07) is 5.38. The maximum absolute atomic E-state index is 5.98. The third-order valence-electron chi connectivity index (χ3n) is 3.16. The van der Waals surface area contributed by atoms with Gasteiger partial charge in [-0.2, -0.15) is 4.98 Å². The van der Waals surface area contributed by atoms with Gasteiger partial charge in [0.1, 0.15) is 13.2 Å². The first-order valence-corrected chi connectivity index (χ1v) is 6.77. The van der Waals surface area contributed by atoms with Crippen molar-refractivity contribution in [1.29, 1.82) is 0 Å². The number of fused-ring (bicyclic) bond motifs is 1. The molecule has 0 saturated carbocycles. The Kier molecular flexibility index (Phi) is 3.56. The molecule has 2 N–H and O–H groups in total. The fraction of sp³-hybridized carbons (Fsp3) is 0.429. The molecule has 1 aromatic carbocycles. The summed E-state index contributed by atoms with van der Waals surface area (Å²) in [5, 5.41) is 3.94. The third kappa shape index (κ3) is 2.46. The zero-order valence-corrected chi connectivity index (χ0v) is 11.3. The largest absolute Gasteiger partial charge is 0.486 e. The van der Waals surface area contributed by atoms with Gasteiger partial charge in [0.15, 0.2) is 17.3 Å². The number of rotatable bonds is 4. The summed E-state index contributed by atoms with van der Waals surface area (Å²) in [5.41, 5.74) is 6.78. The number of aromatic nitrogens is 2. The molecule has 0 saturated heterocycles. The minimum absolute atomic E-state index is 0.185. The van der Waals surface area contributed by atoms with Crippen LogP contribution in [0.25, 0.3) is 11.5 Å². The second kappa shape index (κ2) is 5.50. The van der Waals surface area contributed by atoms with Crippen LogP contribution >= 0.6 is 0 Å². The Morgan fingerprint density at radius 2 is 2.05 bits per heavy atom. The Bertz CT molecular complexity index is 597. The van der Waals surface area contributed by atoms with E-state index >= 15 is 0 Å². The molecule has 1 aromatic heterocycles. The standard InChI is InChI=1S/C14H17N3O3/c1-2-3-10(15)13-16-14(20-17-13)9-4-5-11-12(8-9)19-7-6-18-11/h4-5,8,10H,2-3,6-7,15H2,1H3. The smallest absolute Gasteiger partial charge is 0.258 e. The SMILES string of the molecule is CCCC(N)c1noc(-c2ccc3c(c2)OCCO3)n1. The summed E-state index contributed by atoms with van der Waals surface area (Å²) in [7, 11) is 0. The van der Waals surface area contributed by atoms with Crippen LogP contribution in [0.2, 0.25) is 0 Å². The maximum Gasteiger partial charge on any atom is 0.258 e. The fourth-order valence-corrected chi connectivity index (χ4v) is 2.12. The molecule has 6 heteroatoms. The van der Waals surface area contributed by atoms with Gasteiger partial charge in [-0.15, -0.1) is 0 Å². The van der Waals surface area contributed by atoms with E-state index in [2.05, 4.69) is 17.1 Å². The molecule has 0 bridgehead atoms. The zero-order chi connectivity index (χ0) is 13.9. The van der Waals surface area contributed by atoms with E-state index in [9.17, 15) is 0 Å². The molecule has 0 radical (unpaired) electrons. The molecule has 1 aliphatic rings. The van der Waals surface area contributed by atoms with Gasteiger partial charge in [0.2, 0.25) is 0 Å². The molecule has 20 heavy (non-hydrogen) atoms. The van der Waals surface area contributed by atoms with E-state index in [0.717, 1.165) is 24.2 Å². The molecule has 0 amide bonds. The number of hydrogen-bond donors (Lipinski definition) is 1. The quantitative estimate of drug-likeness (QED) is 0.921. The number of nitrogens with zero attached hydrogens (tertiary/aromatic N) is 2. The van der Waals surface area contributed by atoms with Crippen molar-refractivity contribution in [3.05, 3.63) is 24.0 Å². The summed E-state index contributed by atoms with van der Waals surface area (Å²) in [6.07, 6.45) is 1.81. The van der Waals surface area contributed by atoms with E-state index in [1.807, 2.05) is 18.2 Å². The second-order valence-electron chi connectivity index (χ2n) is 4.71. The van der Waals surface area contributed by atoms with Crippen molar-refractivity contribution in [2.75, 3.05) is 13.2 Å². The highest BCUT2D eigenvalue weighted by Crippen LogP contribution is 2.34. The molecule has 1 unspecified atom stereocenters. The normalized spacial score (nSPS) is 15.1. The number of hydrogen-bond acceptors (Lipinski definition) is 6. The molecule has 1 atom stereocenters. The van der Waals surface area contributed by atoms with Gasteiger partial charge >= 0.3 is 0 Å². The molecule has 0 fully saturated rings. The van der Waals surface area contributed by atoms with Crippen molar-refractivity contribution in [2.45, 2.75) is 25.8 Å². The summed E-state index contributed by atoms with van der Waals surface area (Å²) >= 11 is 0. The van der Waals surface area contributed by atoms with Crippen molar-refractivity contribution in [2.24, 2.45) is 5.73 Å². The van der Waals surface area contributed by atoms with E-state index in [1.54, 1.807) is 0 Å². The van der Waals surface area contributed by atoms with Gasteiger partial charge in [0.25, 0.3) is 5.89 Å². The van der Waals surface area contributed by atoms with Crippen LogP contribution in [0.15, 0.2) is 22.7 Å². The lowest BCUT2D eigenvalue weighted by molar-refractivity contribution is 0.171. The van der Waals surface area contributed by atoms with Crippen LogP contribution in [0.3, 0.4) is 0 Å². The number of ether oxygens (including phenoxy) is 2. The lowest BCUT2D eigenvalue weighted by atomic mass is 10.1. The maximum atomic E-state index is 5.98. The Morgan fingerprint density at radius 1 is 1.25 bits per heavy atom. The van der Waals surface area contributed by atoms with Gasteiger partial charge in [-0.25, -0.2) is 0 Å². The predicted octanol–water partition coefficient (Wildman–Crippen LogP) is 2.31. The Labute approximate surface area is 116 Å². The van der Waals surface area contributed by atoms with Crippen LogP contribution in [0.4, 0.5) is 0 Å². The minimum atomic E-state index is -0.185. The molecule has 3 rings (SSSR count). The highest BCUT2D eigenvalue weighted by Gasteiger charge is 2.17. The van der Waals surface area contributed by atoms with E-state index in [0.29, 0.717) is 30.7 Å². The van der Waals surface area contributed by atoms with Crippen LogP contribution in [0.5, 0.6) is 11.5 Å². The lowest BCUT2D eigenvalue weighted by Crippen LogP contribution is -2.15. The van der Waals surface area contributed by atoms with Crippen molar-refractivity contribution in [3.63, 3.8) is 0 Å². The first kappa shape index (κ1) is 12.9. The molecular weight excluding hydrogens is 258 g/mol. The number of benzene rings is 1. The van der Waals surface area contributed by atoms with Gasteiger partial charge in [0.05, 0.1) is 6.04 Å². The topological polar surface area (TPSA) is 83.4 Å². The van der Waals surface area contributed by atoms with Crippen LogP contribution in [0.1, 0.15) is 31.6 Å². The summed E-state index contributed by atoms with van der Waals surface area (Å²) in [6.45, 7) is 3.19. The van der Waals surface area contributed by atoms with Crippen LogP contribution in [0, 0.1) is 0 Å². The Hall–Kier alpha value is -2.08. The average molecular weight is 275 g/mol. The molecule has 2 aromatic rings. The van der Waals surface area contributed by atoms with Gasteiger partial charge in [-0.1, -0.05) is 18.5 Å². The van der Waals surface area contributed by atoms with E-state index in [1.165, 1.54) is 0 Å². The van der Waals surface area contributed by atoms with Gasteiger partial charge in [-0.05, 0) is 24.6 Å². The molecular formula is C14H17N3O3. The van der Waals surface area contributed by atoms with E-state index in [-0.39, 0.29) is 6.04 Å². The van der Waals surface area contributed by atoms with Crippen molar-refractivity contribution < 1.29 is 14.0 Å². The van der Waals surface area contributed by atoms with Crippen molar-refractivity contribution in [1.82, 2.24) is 10.1 Å². The fourth-order valence-electron chi connectivity index (χ4n) is 2.12. The van der Waals surface area contributed by atoms with Crippen molar-refractivity contribution >= 4 is 0 Å². The summed E-state index contributed by atoms with van der Waals surface area (Å²) in [4.78, 5) is 4.35. The van der Waals surface area contributed by atoms with Crippen LogP contribution < -0.4 is 15.2 Å². The molecule has 0 spiro atoms. The Morgan fingerprint density at radius 3 is 2.85 bits per heavy atom. The molecule has 6 nitrogen and oxygen atoms in total. The summed E-state index contributed by atoms with van der Waals surface area (Å²) < 4.78 is 16.3. The van der Waals surface area contributed by atoms with Gasteiger partial charge in [0, 0.05) is 5.56 Å². The minimum Gasteiger partial charge on any atom is -0.486 e. The Balaban J connectivity index is 1.86. The highest BCUT2D eigenvalue weighted by atomic mass is 16.6. The van der Waals surface area contributed by atoms with Gasteiger partial charge in [-0.3, -0.25) is 0 Å². The molecule has 0 aliphatic carbocycles. The van der Waals surface area contributed by atoms with Crippen LogP contribution in [-0.4, -0.2) is 23.4 Å². The highest BCUT2D eigenvalue weighted by molar-refractivity contribution is 5.60. The first-order chi connectivity index (χ1) is 9.78.